The molecule has 2 heterocycles. The molecule has 1 aliphatic carbocycles. The molecule has 0 spiro atoms. The number of hydrogen-bond donors (Lipinski definition) is 2. The number of amides is 1. The second kappa shape index (κ2) is 5.97. The highest BCUT2D eigenvalue weighted by Gasteiger charge is 2.30. The molecule has 3 N–H and O–H groups in total. The molecule has 6 heteroatoms. The number of rotatable bonds is 4. The summed E-state index contributed by atoms with van der Waals surface area (Å²) < 4.78 is 0. The summed E-state index contributed by atoms with van der Waals surface area (Å²) in [6.07, 6.45) is 6.61. The fourth-order valence-corrected chi connectivity index (χ4v) is 3.95. The van der Waals surface area contributed by atoms with Gasteiger partial charge in [-0.15, -0.1) is 11.3 Å². The number of nitrogens with zero attached hydrogens (tertiary/aromatic N) is 2. The molecular weight excluding hydrogens is 284 g/mol. The SMILES string of the molecule is CCc1cc2c(NC3CCCCC3C(N)=O)ncnc2s1. The number of thiophene rings is 1. The topological polar surface area (TPSA) is 80.9 Å². The molecule has 1 fully saturated rings. The molecular formula is C15H20N4OS. The Kier molecular flexibility index (Phi) is 4.05. The van der Waals surface area contributed by atoms with Crippen LogP contribution >= 0.6 is 11.3 Å². The van der Waals surface area contributed by atoms with Crippen molar-refractivity contribution in [3.63, 3.8) is 0 Å². The minimum absolute atomic E-state index is 0.0827. The van der Waals surface area contributed by atoms with Crippen molar-refractivity contribution in [2.45, 2.75) is 45.1 Å². The normalized spacial score (nSPS) is 22.3. The Morgan fingerprint density at radius 1 is 1.43 bits per heavy atom. The zero-order valence-electron chi connectivity index (χ0n) is 12.1. The molecule has 2 unspecified atom stereocenters. The van der Waals surface area contributed by atoms with Crippen molar-refractivity contribution in [1.82, 2.24) is 9.97 Å². The van der Waals surface area contributed by atoms with Crippen LogP contribution in [-0.2, 0) is 11.2 Å². The van der Waals surface area contributed by atoms with E-state index in [0.29, 0.717) is 0 Å². The summed E-state index contributed by atoms with van der Waals surface area (Å²) in [5.74, 6) is 0.513. The Bertz CT molecular complexity index is 654. The van der Waals surface area contributed by atoms with Gasteiger partial charge in [0.1, 0.15) is 17.0 Å². The predicted molar refractivity (Wildman–Crippen MR) is 85.4 cm³/mol. The van der Waals surface area contributed by atoms with Crippen LogP contribution in [-0.4, -0.2) is 21.9 Å². The van der Waals surface area contributed by atoms with Gasteiger partial charge in [-0.1, -0.05) is 19.8 Å². The van der Waals surface area contributed by atoms with Gasteiger partial charge < -0.3 is 11.1 Å². The summed E-state index contributed by atoms with van der Waals surface area (Å²) in [6, 6.07) is 2.23. The van der Waals surface area contributed by atoms with E-state index in [1.165, 1.54) is 4.88 Å². The van der Waals surface area contributed by atoms with Crippen LogP contribution < -0.4 is 11.1 Å². The molecule has 1 saturated carbocycles. The number of anilines is 1. The third-order valence-electron chi connectivity index (χ3n) is 4.18. The first-order chi connectivity index (χ1) is 10.2. The maximum Gasteiger partial charge on any atom is 0.222 e. The molecule has 112 valence electrons. The first-order valence-electron chi connectivity index (χ1n) is 7.48. The van der Waals surface area contributed by atoms with Crippen molar-refractivity contribution in [2.75, 3.05) is 5.32 Å². The molecule has 0 aromatic carbocycles. The number of carbonyl (C=O) groups excluding carboxylic acids is 1. The lowest BCUT2D eigenvalue weighted by Gasteiger charge is -2.30. The Morgan fingerprint density at radius 2 is 2.24 bits per heavy atom. The molecule has 5 nitrogen and oxygen atoms in total. The van der Waals surface area contributed by atoms with Gasteiger partial charge in [0.05, 0.1) is 11.3 Å². The van der Waals surface area contributed by atoms with Crippen molar-refractivity contribution >= 4 is 33.3 Å². The standard InChI is InChI=1S/C15H20N4OS/c1-2-9-7-11-14(17-8-18-15(11)21-9)19-12-6-4-3-5-10(12)13(16)20/h7-8,10,12H,2-6H2,1H3,(H2,16,20)(H,17,18,19). The van der Waals surface area contributed by atoms with E-state index in [-0.39, 0.29) is 17.9 Å². The van der Waals surface area contributed by atoms with E-state index in [0.717, 1.165) is 48.1 Å². The van der Waals surface area contributed by atoms with Gasteiger partial charge in [0.2, 0.25) is 5.91 Å². The molecule has 2 atom stereocenters. The van der Waals surface area contributed by atoms with Crippen LogP contribution in [0.4, 0.5) is 5.82 Å². The van der Waals surface area contributed by atoms with Crippen molar-refractivity contribution in [3.8, 4) is 0 Å². The third-order valence-corrected chi connectivity index (χ3v) is 5.37. The number of nitrogens with one attached hydrogen (secondary N) is 1. The van der Waals surface area contributed by atoms with E-state index in [1.54, 1.807) is 17.7 Å². The summed E-state index contributed by atoms with van der Waals surface area (Å²) in [5.41, 5.74) is 5.54. The minimum atomic E-state index is -0.211. The van der Waals surface area contributed by atoms with Crippen LogP contribution in [0.3, 0.4) is 0 Å². The molecule has 2 aromatic rings. The molecule has 3 rings (SSSR count). The average Bonchev–Trinajstić information content (AvgIpc) is 2.92. The van der Waals surface area contributed by atoms with Crippen molar-refractivity contribution in [2.24, 2.45) is 11.7 Å². The van der Waals surface area contributed by atoms with Crippen LogP contribution in [0.2, 0.25) is 0 Å². The monoisotopic (exact) mass is 304 g/mol. The first kappa shape index (κ1) is 14.3. The molecule has 0 bridgehead atoms. The summed E-state index contributed by atoms with van der Waals surface area (Å²) in [5, 5.41) is 4.50. The van der Waals surface area contributed by atoms with Gasteiger partial charge in [-0.25, -0.2) is 9.97 Å². The third kappa shape index (κ3) is 2.85. The van der Waals surface area contributed by atoms with Gasteiger partial charge in [0.25, 0.3) is 0 Å². The number of primary amides is 1. The van der Waals surface area contributed by atoms with Crippen molar-refractivity contribution in [3.05, 3.63) is 17.3 Å². The fraction of sp³-hybridized carbons (Fsp3) is 0.533. The predicted octanol–water partition coefficient (Wildman–Crippen LogP) is 2.71. The Hall–Kier alpha value is -1.69. The number of aryl methyl sites for hydroxylation is 1. The number of aromatic nitrogens is 2. The Balaban J connectivity index is 1.89. The van der Waals surface area contributed by atoms with Crippen LogP contribution in [0.1, 0.15) is 37.5 Å². The molecule has 1 aliphatic rings. The highest BCUT2D eigenvalue weighted by atomic mass is 32.1. The van der Waals surface area contributed by atoms with E-state index in [2.05, 4.69) is 28.3 Å². The fourth-order valence-electron chi connectivity index (χ4n) is 3.01. The van der Waals surface area contributed by atoms with Gasteiger partial charge in [0.15, 0.2) is 0 Å². The lowest BCUT2D eigenvalue weighted by molar-refractivity contribution is -0.122. The van der Waals surface area contributed by atoms with Crippen LogP contribution in [0.25, 0.3) is 10.2 Å². The summed E-state index contributed by atoms with van der Waals surface area (Å²) in [6.45, 7) is 2.13. The molecule has 21 heavy (non-hydrogen) atoms. The lowest BCUT2D eigenvalue weighted by Crippen LogP contribution is -2.40. The van der Waals surface area contributed by atoms with E-state index >= 15 is 0 Å². The van der Waals surface area contributed by atoms with Gasteiger partial charge in [-0.3, -0.25) is 4.79 Å². The van der Waals surface area contributed by atoms with Crippen LogP contribution in [0.5, 0.6) is 0 Å². The maximum atomic E-state index is 11.6. The first-order valence-corrected chi connectivity index (χ1v) is 8.30. The smallest absolute Gasteiger partial charge is 0.222 e. The number of nitrogens with two attached hydrogens (primary N) is 1. The Labute approximate surface area is 128 Å². The van der Waals surface area contributed by atoms with Crippen LogP contribution in [0.15, 0.2) is 12.4 Å². The zero-order chi connectivity index (χ0) is 14.8. The number of carbonyl (C=O) groups is 1. The number of hydrogen-bond acceptors (Lipinski definition) is 5. The van der Waals surface area contributed by atoms with E-state index < -0.39 is 0 Å². The van der Waals surface area contributed by atoms with E-state index in [4.69, 9.17) is 5.73 Å². The minimum Gasteiger partial charge on any atom is -0.369 e. The second-order valence-corrected chi connectivity index (χ2v) is 6.67. The molecule has 2 aromatic heterocycles. The molecule has 0 aliphatic heterocycles. The summed E-state index contributed by atoms with van der Waals surface area (Å²) in [4.78, 5) is 22.6. The highest BCUT2D eigenvalue weighted by molar-refractivity contribution is 7.18. The van der Waals surface area contributed by atoms with Gasteiger partial charge >= 0.3 is 0 Å². The van der Waals surface area contributed by atoms with Gasteiger partial charge in [-0.05, 0) is 25.3 Å². The number of fused-ring (bicyclic) bond motifs is 1. The Morgan fingerprint density at radius 3 is 3.00 bits per heavy atom. The highest BCUT2D eigenvalue weighted by Crippen LogP contribution is 2.32. The second-order valence-electron chi connectivity index (χ2n) is 5.55. The quantitative estimate of drug-likeness (QED) is 0.910. The largest absolute Gasteiger partial charge is 0.369 e. The average molecular weight is 304 g/mol. The lowest BCUT2D eigenvalue weighted by atomic mass is 9.84. The summed E-state index contributed by atoms with van der Waals surface area (Å²) >= 11 is 1.70. The maximum absolute atomic E-state index is 11.6. The van der Waals surface area contributed by atoms with E-state index in [9.17, 15) is 4.79 Å². The summed E-state index contributed by atoms with van der Waals surface area (Å²) in [7, 11) is 0. The zero-order valence-corrected chi connectivity index (χ0v) is 12.9. The van der Waals surface area contributed by atoms with E-state index in [1.807, 2.05) is 0 Å². The van der Waals surface area contributed by atoms with Gasteiger partial charge in [0, 0.05) is 10.9 Å². The molecule has 1 amide bonds. The molecule has 0 saturated heterocycles. The van der Waals surface area contributed by atoms with Crippen molar-refractivity contribution in [1.29, 1.82) is 0 Å². The van der Waals surface area contributed by atoms with Gasteiger partial charge in [-0.2, -0.15) is 0 Å². The molecule has 0 radical (unpaired) electrons. The van der Waals surface area contributed by atoms with Crippen molar-refractivity contribution < 1.29 is 4.79 Å². The van der Waals surface area contributed by atoms with Crippen LogP contribution in [0, 0.1) is 5.92 Å².